The van der Waals surface area contributed by atoms with Crippen LogP contribution in [0.15, 0.2) is 41.1 Å². The molecule has 5 aromatic rings. The van der Waals surface area contributed by atoms with E-state index in [9.17, 15) is 4.39 Å². The van der Waals surface area contributed by atoms with Gasteiger partial charge >= 0.3 is 0 Å². The summed E-state index contributed by atoms with van der Waals surface area (Å²) in [5.74, 6) is 0.797. The van der Waals surface area contributed by atoms with Gasteiger partial charge in [0, 0.05) is 68.7 Å². The molecule has 2 aliphatic rings. The highest BCUT2D eigenvalue weighted by molar-refractivity contribution is 6.06. The molecule has 2 aliphatic heterocycles. The monoisotopic (exact) mass is 488 g/mol. The lowest BCUT2D eigenvalue weighted by Crippen LogP contribution is -2.50. The minimum atomic E-state index is -0.331. The van der Waals surface area contributed by atoms with Crippen molar-refractivity contribution in [2.45, 2.75) is 12.6 Å². The minimum absolute atomic E-state index is 0.291. The van der Waals surface area contributed by atoms with Gasteiger partial charge in [0.25, 0.3) is 0 Å². The van der Waals surface area contributed by atoms with E-state index >= 15 is 0 Å². The Morgan fingerprint density at radius 3 is 2.89 bits per heavy atom. The molecule has 0 radical (unpaired) electrons. The fraction of sp³-hybridized carbons (Fsp3) is 0.346. The summed E-state index contributed by atoms with van der Waals surface area (Å²) in [7, 11) is 1.75. The number of rotatable bonds is 5. The second-order valence-corrected chi connectivity index (χ2v) is 9.36. The quantitative estimate of drug-likeness (QED) is 0.400. The molecule has 36 heavy (non-hydrogen) atoms. The Morgan fingerprint density at radius 1 is 1.19 bits per heavy atom. The molecule has 0 amide bonds. The van der Waals surface area contributed by atoms with E-state index in [-0.39, 0.29) is 5.82 Å². The standard InChI is InChI=1S/C26H25FN6O3/c1-34-16-13-32(14-16)12-15-9-18-22-23(36-26(18)29-10-15)25(33-5-7-35-8-6-33)31-24(30-22)17-3-2-4-20-21(17)19(27)11-28-20/h2-4,9-11,16,28H,5-8,12-14H2,1H3. The van der Waals surface area contributed by atoms with E-state index in [2.05, 4.69) is 25.8 Å². The third-order valence-electron chi connectivity index (χ3n) is 7.08. The number of methoxy groups -OCH3 is 1. The number of furan rings is 1. The fourth-order valence-electron chi connectivity index (χ4n) is 5.14. The molecule has 0 saturated carbocycles. The lowest BCUT2D eigenvalue weighted by atomic mass is 10.1. The molecule has 7 rings (SSSR count). The van der Waals surface area contributed by atoms with E-state index in [0.717, 1.165) is 30.6 Å². The number of fused-ring (bicyclic) bond motifs is 4. The molecule has 1 aromatic carbocycles. The van der Waals surface area contributed by atoms with Crippen LogP contribution in [0.5, 0.6) is 0 Å². The van der Waals surface area contributed by atoms with Gasteiger partial charge in [0.2, 0.25) is 5.71 Å². The predicted molar refractivity (Wildman–Crippen MR) is 133 cm³/mol. The van der Waals surface area contributed by atoms with Gasteiger partial charge in [0.15, 0.2) is 17.2 Å². The zero-order valence-electron chi connectivity index (χ0n) is 19.8. The average molecular weight is 489 g/mol. The third-order valence-corrected chi connectivity index (χ3v) is 7.08. The summed E-state index contributed by atoms with van der Waals surface area (Å²) in [5, 5.41) is 1.30. The molecule has 0 bridgehead atoms. The number of nitrogens with zero attached hydrogens (tertiary/aromatic N) is 5. The van der Waals surface area contributed by atoms with Gasteiger partial charge in [-0.3, -0.25) is 4.90 Å². The number of hydrogen-bond donors (Lipinski definition) is 1. The second kappa shape index (κ2) is 8.51. The number of ether oxygens (including phenoxy) is 2. The summed E-state index contributed by atoms with van der Waals surface area (Å²) in [6, 6.07) is 7.66. The van der Waals surface area contributed by atoms with E-state index in [1.54, 1.807) is 7.11 Å². The number of halogens is 1. The van der Waals surface area contributed by atoms with Crippen LogP contribution in [0.4, 0.5) is 10.2 Å². The van der Waals surface area contributed by atoms with Gasteiger partial charge < -0.3 is 23.8 Å². The van der Waals surface area contributed by atoms with E-state index < -0.39 is 0 Å². The molecule has 2 fully saturated rings. The Bertz CT molecular complexity index is 1590. The van der Waals surface area contributed by atoms with Gasteiger partial charge in [-0.1, -0.05) is 12.1 Å². The Balaban J connectivity index is 1.40. The van der Waals surface area contributed by atoms with Crippen molar-refractivity contribution in [1.82, 2.24) is 24.8 Å². The summed E-state index contributed by atoms with van der Waals surface area (Å²) in [4.78, 5) is 21.9. The van der Waals surface area contributed by atoms with Crippen LogP contribution in [0.1, 0.15) is 5.56 Å². The summed E-state index contributed by atoms with van der Waals surface area (Å²) in [5.41, 5.74) is 4.19. The van der Waals surface area contributed by atoms with Gasteiger partial charge in [-0.05, 0) is 17.7 Å². The highest BCUT2D eigenvalue weighted by Gasteiger charge is 2.27. The van der Waals surface area contributed by atoms with Gasteiger partial charge in [-0.2, -0.15) is 0 Å². The topological polar surface area (TPSA) is 92.5 Å². The van der Waals surface area contributed by atoms with Crippen LogP contribution in [0.25, 0.3) is 44.5 Å². The maximum atomic E-state index is 14.8. The number of pyridine rings is 1. The average Bonchev–Trinajstić information content (AvgIpc) is 3.46. The number of aromatic amines is 1. The number of nitrogens with one attached hydrogen (secondary N) is 1. The van der Waals surface area contributed by atoms with Crippen LogP contribution in [-0.4, -0.2) is 77.4 Å². The van der Waals surface area contributed by atoms with Crippen LogP contribution in [0, 0.1) is 5.82 Å². The van der Waals surface area contributed by atoms with Crippen molar-refractivity contribution in [3.05, 3.63) is 48.0 Å². The molecule has 184 valence electrons. The van der Waals surface area contributed by atoms with Crippen LogP contribution in [0.3, 0.4) is 0 Å². The van der Waals surface area contributed by atoms with Gasteiger partial charge in [0.05, 0.1) is 24.7 Å². The van der Waals surface area contributed by atoms with E-state index in [1.807, 2.05) is 24.4 Å². The number of likely N-dealkylation sites (tertiary alicyclic amines) is 1. The fourth-order valence-corrected chi connectivity index (χ4v) is 5.14. The molecule has 10 heteroatoms. The molecule has 0 spiro atoms. The minimum Gasteiger partial charge on any atom is -0.432 e. The number of anilines is 1. The number of aromatic nitrogens is 4. The third kappa shape index (κ3) is 3.52. The van der Waals surface area contributed by atoms with Crippen molar-refractivity contribution in [3.8, 4) is 11.4 Å². The number of benzene rings is 1. The lowest BCUT2D eigenvalue weighted by molar-refractivity contribution is -0.0334. The normalized spacial score (nSPS) is 17.4. The molecule has 0 unspecified atom stereocenters. The molecule has 1 N–H and O–H groups in total. The smallest absolute Gasteiger partial charge is 0.229 e. The van der Waals surface area contributed by atoms with Gasteiger partial charge in [-0.25, -0.2) is 19.3 Å². The van der Waals surface area contributed by atoms with Crippen molar-refractivity contribution >= 4 is 38.9 Å². The maximum Gasteiger partial charge on any atom is 0.229 e. The van der Waals surface area contributed by atoms with Gasteiger partial charge in [-0.15, -0.1) is 0 Å². The zero-order chi connectivity index (χ0) is 24.2. The largest absolute Gasteiger partial charge is 0.432 e. The first-order chi connectivity index (χ1) is 17.7. The molecule has 2 saturated heterocycles. The lowest BCUT2D eigenvalue weighted by Gasteiger charge is -2.38. The SMILES string of the molecule is COC1CN(Cc2cnc3oc4c(N5CCOCC5)nc(-c5cccc6[nH]cc(F)c56)nc4c3c2)C1. The van der Waals surface area contributed by atoms with E-state index in [4.69, 9.17) is 23.9 Å². The second-order valence-electron chi connectivity index (χ2n) is 9.36. The van der Waals surface area contributed by atoms with Crippen LogP contribution >= 0.6 is 0 Å². The van der Waals surface area contributed by atoms with Crippen LogP contribution < -0.4 is 4.90 Å². The van der Waals surface area contributed by atoms with Crippen molar-refractivity contribution in [2.24, 2.45) is 0 Å². The van der Waals surface area contributed by atoms with Crippen molar-refractivity contribution in [1.29, 1.82) is 0 Å². The molecular weight excluding hydrogens is 463 g/mol. The van der Waals surface area contributed by atoms with Crippen molar-refractivity contribution in [3.63, 3.8) is 0 Å². The highest BCUT2D eigenvalue weighted by Crippen LogP contribution is 2.37. The maximum absolute atomic E-state index is 14.8. The van der Waals surface area contributed by atoms with Crippen molar-refractivity contribution < 1.29 is 18.3 Å². The molecule has 6 heterocycles. The number of H-pyrrole nitrogens is 1. The Kier molecular flexibility index (Phi) is 5.12. The first kappa shape index (κ1) is 21.7. The number of morpholine rings is 1. The van der Waals surface area contributed by atoms with E-state index in [0.29, 0.717) is 77.3 Å². The predicted octanol–water partition coefficient (Wildman–Crippen LogP) is 3.73. The van der Waals surface area contributed by atoms with Gasteiger partial charge in [0.1, 0.15) is 11.3 Å². The Labute approximate surface area is 205 Å². The van der Waals surface area contributed by atoms with Crippen LogP contribution in [-0.2, 0) is 16.0 Å². The first-order valence-corrected chi connectivity index (χ1v) is 12.1. The summed E-state index contributed by atoms with van der Waals surface area (Å²) in [6.45, 7) is 5.14. The van der Waals surface area contributed by atoms with Crippen LogP contribution in [0.2, 0.25) is 0 Å². The molecule has 0 atom stereocenters. The van der Waals surface area contributed by atoms with Crippen molar-refractivity contribution in [2.75, 3.05) is 51.4 Å². The molecule has 4 aromatic heterocycles. The number of hydrogen-bond acceptors (Lipinski definition) is 8. The summed E-state index contributed by atoms with van der Waals surface area (Å²) in [6.07, 6.45) is 3.51. The molecule has 9 nitrogen and oxygen atoms in total. The summed E-state index contributed by atoms with van der Waals surface area (Å²) < 4.78 is 31.9. The van der Waals surface area contributed by atoms with E-state index in [1.165, 1.54) is 6.20 Å². The summed E-state index contributed by atoms with van der Waals surface area (Å²) >= 11 is 0. The molecular formula is C26H25FN6O3. The first-order valence-electron chi connectivity index (χ1n) is 12.1. The highest BCUT2D eigenvalue weighted by atomic mass is 19.1. The zero-order valence-corrected chi connectivity index (χ0v) is 19.8. The Morgan fingerprint density at radius 2 is 2.06 bits per heavy atom. The molecule has 0 aliphatic carbocycles. The Hall–Kier alpha value is -3.60.